The molecule has 0 radical (unpaired) electrons. The zero-order valence-corrected chi connectivity index (χ0v) is 7.19. The number of benzene rings is 1. The Kier molecular flexibility index (Phi) is 1.59. The number of hydrogen-bond acceptors (Lipinski definition) is 3. The van der Waals surface area contributed by atoms with Gasteiger partial charge in [-0.2, -0.15) is 15.4 Å². The molecule has 0 saturated carbocycles. The van der Waals surface area contributed by atoms with Crippen molar-refractivity contribution in [1.29, 1.82) is 0 Å². The predicted octanol–water partition coefficient (Wildman–Crippen LogP) is 1.97. The van der Waals surface area contributed by atoms with Crippen molar-refractivity contribution in [1.82, 2.24) is 15.4 Å². The lowest BCUT2D eigenvalue weighted by Crippen LogP contribution is -1.75. The number of aromatic nitrogens is 3. The summed E-state index contributed by atoms with van der Waals surface area (Å²) in [6.45, 7) is 0. The summed E-state index contributed by atoms with van der Waals surface area (Å²) < 4.78 is 0. The van der Waals surface area contributed by atoms with Crippen molar-refractivity contribution in [2.75, 3.05) is 0 Å². The highest BCUT2D eigenvalue weighted by Crippen LogP contribution is 2.36. The summed E-state index contributed by atoms with van der Waals surface area (Å²) in [6.07, 6.45) is 0. The van der Waals surface area contributed by atoms with Gasteiger partial charge in [0.15, 0.2) is 5.75 Å². The maximum Gasteiger partial charge on any atom is 0.155 e. The molecule has 62 valence electrons. The van der Waals surface area contributed by atoms with Gasteiger partial charge in [-0.25, -0.2) is 0 Å². The van der Waals surface area contributed by atoms with E-state index >= 15 is 0 Å². The Hall–Kier alpha value is -1.00. The zero-order valence-electron chi connectivity index (χ0n) is 5.67. The maximum atomic E-state index is 9.28. The fraction of sp³-hybridized carbons (Fsp3) is 0. The Labute approximate surface area is 77.1 Å². The highest BCUT2D eigenvalue weighted by atomic mass is 35.5. The number of fused-ring (bicyclic) bond motifs is 1. The smallest absolute Gasteiger partial charge is 0.155 e. The van der Waals surface area contributed by atoms with Crippen molar-refractivity contribution >= 4 is 34.2 Å². The molecule has 0 aliphatic heterocycles. The Morgan fingerprint density at radius 1 is 1.33 bits per heavy atom. The van der Waals surface area contributed by atoms with Crippen LogP contribution in [0.3, 0.4) is 0 Å². The molecule has 0 atom stereocenters. The summed E-state index contributed by atoms with van der Waals surface area (Å²) in [6, 6.07) is 1.49. The molecule has 2 aromatic rings. The number of aromatic amines is 1. The number of aromatic hydroxyl groups is 1. The van der Waals surface area contributed by atoms with Crippen LogP contribution in [-0.4, -0.2) is 20.5 Å². The van der Waals surface area contributed by atoms with E-state index in [0.717, 1.165) is 0 Å². The second-order valence-corrected chi connectivity index (χ2v) is 3.00. The second kappa shape index (κ2) is 2.50. The molecule has 0 aliphatic carbocycles. The highest BCUT2D eigenvalue weighted by molar-refractivity contribution is 6.40. The zero-order chi connectivity index (χ0) is 8.72. The van der Waals surface area contributed by atoms with Crippen molar-refractivity contribution in [2.45, 2.75) is 0 Å². The molecule has 6 heteroatoms. The van der Waals surface area contributed by atoms with Crippen LogP contribution in [0.15, 0.2) is 6.07 Å². The van der Waals surface area contributed by atoms with E-state index in [1.807, 2.05) is 0 Å². The highest BCUT2D eigenvalue weighted by Gasteiger charge is 2.11. The Balaban J connectivity index is 2.94. The average molecular weight is 204 g/mol. The summed E-state index contributed by atoms with van der Waals surface area (Å²) in [5.74, 6) is -0.167. The number of phenolic OH excluding ortho intramolecular Hbond substituents is 1. The standard InChI is InChI=1S/C6H3Cl2N3O/c7-2-1-3-5(10-11-9-3)4(8)6(2)12/h1,12H,(H,9,10,11). The minimum atomic E-state index is -0.167. The van der Waals surface area contributed by atoms with E-state index < -0.39 is 0 Å². The number of H-pyrrole nitrogens is 1. The molecule has 0 spiro atoms. The van der Waals surface area contributed by atoms with Gasteiger partial charge in [0.1, 0.15) is 16.1 Å². The van der Waals surface area contributed by atoms with Crippen LogP contribution in [0.1, 0.15) is 0 Å². The van der Waals surface area contributed by atoms with Crippen molar-refractivity contribution in [3.05, 3.63) is 16.1 Å². The van der Waals surface area contributed by atoms with E-state index in [2.05, 4.69) is 15.4 Å². The van der Waals surface area contributed by atoms with E-state index in [1.54, 1.807) is 0 Å². The molecule has 0 fully saturated rings. The van der Waals surface area contributed by atoms with E-state index in [4.69, 9.17) is 23.2 Å². The number of hydrogen-bond donors (Lipinski definition) is 2. The summed E-state index contributed by atoms with van der Waals surface area (Å²) in [7, 11) is 0. The summed E-state index contributed by atoms with van der Waals surface area (Å²) in [5.41, 5.74) is 0.946. The normalized spacial score (nSPS) is 10.8. The van der Waals surface area contributed by atoms with Gasteiger partial charge in [-0.1, -0.05) is 23.2 Å². The fourth-order valence-corrected chi connectivity index (χ4v) is 1.39. The first-order valence-corrected chi connectivity index (χ1v) is 3.83. The topological polar surface area (TPSA) is 61.8 Å². The summed E-state index contributed by atoms with van der Waals surface area (Å²) >= 11 is 11.3. The molecule has 0 bridgehead atoms. The molecule has 4 nitrogen and oxygen atoms in total. The Morgan fingerprint density at radius 2 is 2.08 bits per heavy atom. The van der Waals surface area contributed by atoms with Crippen molar-refractivity contribution < 1.29 is 5.11 Å². The number of halogens is 2. The van der Waals surface area contributed by atoms with Gasteiger partial charge >= 0.3 is 0 Å². The van der Waals surface area contributed by atoms with E-state index in [-0.39, 0.29) is 15.8 Å². The third kappa shape index (κ3) is 0.922. The van der Waals surface area contributed by atoms with Gasteiger partial charge in [0, 0.05) is 0 Å². The molecule has 1 aromatic heterocycles. The van der Waals surface area contributed by atoms with Crippen LogP contribution in [0, 0.1) is 0 Å². The van der Waals surface area contributed by atoms with Crippen LogP contribution >= 0.6 is 23.2 Å². The van der Waals surface area contributed by atoms with Gasteiger partial charge in [-0.05, 0) is 6.07 Å². The largest absolute Gasteiger partial charge is 0.505 e. The SMILES string of the molecule is Oc1c(Cl)cc2n[nH]nc2c1Cl. The predicted molar refractivity (Wildman–Crippen MR) is 45.6 cm³/mol. The molecule has 0 unspecified atom stereocenters. The summed E-state index contributed by atoms with van der Waals surface area (Å²) in [5, 5.41) is 19.4. The summed E-state index contributed by atoms with van der Waals surface area (Å²) in [4.78, 5) is 0. The quantitative estimate of drug-likeness (QED) is 0.689. The van der Waals surface area contributed by atoms with Crippen molar-refractivity contribution in [3.63, 3.8) is 0 Å². The molecule has 0 aliphatic rings. The molecule has 2 rings (SSSR count). The molecular weight excluding hydrogens is 201 g/mol. The molecule has 12 heavy (non-hydrogen) atoms. The first kappa shape index (κ1) is 7.64. The molecule has 0 saturated heterocycles. The first-order chi connectivity index (χ1) is 5.70. The molecular formula is C6H3Cl2N3O. The number of phenols is 1. The minimum absolute atomic E-state index is 0.117. The van der Waals surface area contributed by atoms with Crippen LogP contribution in [0.4, 0.5) is 0 Å². The first-order valence-electron chi connectivity index (χ1n) is 3.07. The number of nitrogens with zero attached hydrogens (tertiary/aromatic N) is 2. The third-order valence-electron chi connectivity index (χ3n) is 1.48. The van der Waals surface area contributed by atoms with Crippen LogP contribution in [-0.2, 0) is 0 Å². The number of rotatable bonds is 0. The van der Waals surface area contributed by atoms with E-state index in [9.17, 15) is 5.11 Å². The Bertz CT molecular complexity index is 440. The molecule has 1 heterocycles. The minimum Gasteiger partial charge on any atom is -0.505 e. The van der Waals surface area contributed by atoms with Crippen LogP contribution in [0.5, 0.6) is 5.75 Å². The Morgan fingerprint density at radius 3 is 2.83 bits per heavy atom. The lowest BCUT2D eigenvalue weighted by molar-refractivity contribution is 0.476. The molecule has 0 amide bonds. The maximum absolute atomic E-state index is 9.28. The van der Waals surface area contributed by atoms with Crippen molar-refractivity contribution in [3.8, 4) is 5.75 Å². The van der Waals surface area contributed by atoms with Gasteiger partial charge in [-0.15, -0.1) is 0 Å². The van der Waals surface area contributed by atoms with Crippen LogP contribution in [0.25, 0.3) is 11.0 Å². The molecule has 1 aromatic carbocycles. The second-order valence-electron chi connectivity index (χ2n) is 2.21. The number of nitrogens with one attached hydrogen (secondary N) is 1. The van der Waals surface area contributed by atoms with E-state index in [0.29, 0.717) is 11.0 Å². The van der Waals surface area contributed by atoms with Gasteiger partial charge < -0.3 is 5.11 Å². The van der Waals surface area contributed by atoms with Gasteiger partial charge in [0.2, 0.25) is 0 Å². The lowest BCUT2D eigenvalue weighted by Gasteiger charge is -1.97. The monoisotopic (exact) mass is 203 g/mol. The fourth-order valence-electron chi connectivity index (χ4n) is 0.907. The average Bonchev–Trinajstić information content (AvgIpc) is 2.48. The van der Waals surface area contributed by atoms with Crippen LogP contribution < -0.4 is 0 Å². The van der Waals surface area contributed by atoms with Gasteiger partial charge in [-0.3, -0.25) is 0 Å². The molecule has 2 N–H and O–H groups in total. The van der Waals surface area contributed by atoms with Gasteiger partial charge in [0.05, 0.1) is 5.02 Å². The van der Waals surface area contributed by atoms with Crippen molar-refractivity contribution in [2.24, 2.45) is 0 Å². The lowest BCUT2D eigenvalue weighted by atomic mass is 10.3. The van der Waals surface area contributed by atoms with E-state index in [1.165, 1.54) is 6.07 Å². The van der Waals surface area contributed by atoms with Gasteiger partial charge in [0.25, 0.3) is 0 Å². The third-order valence-corrected chi connectivity index (χ3v) is 2.13. The van der Waals surface area contributed by atoms with Crippen LogP contribution in [0.2, 0.25) is 10.0 Å².